The molecule has 4 nitrogen and oxygen atoms in total. The Labute approximate surface area is 111 Å². The highest BCUT2D eigenvalue weighted by atomic mass is 31.2. The number of aryl methyl sites for hydroxylation is 1. The van der Waals surface area contributed by atoms with Crippen LogP contribution < -0.4 is 4.52 Å². The molecule has 2 aromatic carbocycles. The Morgan fingerprint density at radius 3 is 2.21 bits per heavy atom. The summed E-state index contributed by atoms with van der Waals surface area (Å²) in [5.41, 5.74) is 3.68. The molecule has 100 valence electrons. The van der Waals surface area contributed by atoms with Gasteiger partial charge in [0.05, 0.1) is 0 Å². The van der Waals surface area contributed by atoms with E-state index in [1.165, 1.54) is 0 Å². The Hall–Kier alpha value is -1.61. The van der Waals surface area contributed by atoms with Gasteiger partial charge in [0.15, 0.2) is 0 Å². The maximum atomic E-state index is 11.0. The minimum Gasteiger partial charge on any atom is -0.404 e. The SMILES string of the molecule is Cc1ccc(OP(=O)(O)O)c(C)c1-c1ccccc1. The molecule has 2 aromatic rings. The van der Waals surface area contributed by atoms with Gasteiger partial charge in [-0.15, -0.1) is 0 Å². The Bertz CT molecular complexity index is 631. The third kappa shape index (κ3) is 3.24. The van der Waals surface area contributed by atoms with E-state index in [-0.39, 0.29) is 5.75 Å². The molecule has 0 aliphatic carbocycles. The Kier molecular flexibility index (Phi) is 3.76. The second-order valence-electron chi connectivity index (χ2n) is 4.33. The monoisotopic (exact) mass is 278 g/mol. The molecule has 0 unspecified atom stereocenters. The van der Waals surface area contributed by atoms with E-state index in [9.17, 15) is 4.57 Å². The van der Waals surface area contributed by atoms with Gasteiger partial charge in [0.1, 0.15) is 5.75 Å². The van der Waals surface area contributed by atoms with Crippen molar-refractivity contribution >= 4 is 7.82 Å². The van der Waals surface area contributed by atoms with Crippen molar-refractivity contribution in [1.29, 1.82) is 0 Å². The van der Waals surface area contributed by atoms with E-state index in [0.717, 1.165) is 22.3 Å². The van der Waals surface area contributed by atoms with E-state index in [1.807, 2.05) is 37.3 Å². The fourth-order valence-corrected chi connectivity index (χ4v) is 2.56. The molecule has 0 aliphatic heterocycles. The van der Waals surface area contributed by atoms with Gasteiger partial charge in [-0.25, -0.2) is 4.57 Å². The van der Waals surface area contributed by atoms with E-state index in [2.05, 4.69) is 0 Å². The summed E-state index contributed by atoms with van der Waals surface area (Å²) in [5.74, 6) is 0.206. The molecule has 2 rings (SSSR count). The zero-order chi connectivity index (χ0) is 14.0. The predicted molar refractivity (Wildman–Crippen MR) is 74.0 cm³/mol. The van der Waals surface area contributed by atoms with Gasteiger partial charge in [0.2, 0.25) is 0 Å². The Morgan fingerprint density at radius 2 is 1.63 bits per heavy atom. The average Bonchev–Trinajstić information content (AvgIpc) is 2.33. The zero-order valence-corrected chi connectivity index (χ0v) is 11.6. The summed E-state index contributed by atoms with van der Waals surface area (Å²) in [4.78, 5) is 17.8. The highest BCUT2D eigenvalue weighted by Crippen LogP contribution is 2.42. The lowest BCUT2D eigenvalue weighted by molar-refractivity contribution is 0.282. The van der Waals surface area contributed by atoms with Crippen LogP contribution in [0.25, 0.3) is 11.1 Å². The molecular formula is C14H15O4P. The van der Waals surface area contributed by atoms with Gasteiger partial charge >= 0.3 is 7.82 Å². The molecule has 0 aliphatic rings. The molecule has 2 N–H and O–H groups in total. The quantitative estimate of drug-likeness (QED) is 0.844. The lowest BCUT2D eigenvalue weighted by atomic mass is 9.95. The molecule has 0 heterocycles. The normalized spacial score (nSPS) is 11.4. The van der Waals surface area contributed by atoms with Crippen molar-refractivity contribution in [3.63, 3.8) is 0 Å². The van der Waals surface area contributed by atoms with Crippen molar-refractivity contribution in [2.24, 2.45) is 0 Å². The first kappa shape index (κ1) is 13.8. The third-order valence-electron chi connectivity index (χ3n) is 2.90. The van der Waals surface area contributed by atoms with Crippen molar-refractivity contribution in [1.82, 2.24) is 0 Å². The Morgan fingerprint density at radius 1 is 1.00 bits per heavy atom. The summed E-state index contributed by atoms with van der Waals surface area (Å²) in [6.45, 7) is 3.75. The number of phosphoric ester groups is 1. The fraction of sp³-hybridized carbons (Fsp3) is 0.143. The zero-order valence-electron chi connectivity index (χ0n) is 10.7. The Balaban J connectivity index is 2.56. The van der Waals surface area contributed by atoms with Crippen LogP contribution in [0.15, 0.2) is 42.5 Å². The second kappa shape index (κ2) is 5.17. The van der Waals surface area contributed by atoms with E-state index in [0.29, 0.717) is 0 Å². The lowest BCUT2D eigenvalue weighted by Crippen LogP contribution is -1.96. The standard InChI is InChI=1S/C14H15O4P/c1-10-8-9-13(18-19(15,16)17)11(2)14(10)12-6-4-3-5-7-12/h3-9H,1-2H3,(H2,15,16,17). The number of rotatable bonds is 3. The molecule has 0 saturated heterocycles. The summed E-state index contributed by atoms with van der Waals surface area (Å²) in [5, 5.41) is 0. The fourth-order valence-electron chi connectivity index (χ4n) is 2.10. The molecule has 0 spiro atoms. The van der Waals surface area contributed by atoms with Crippen LogP contribution in [0.5, 0.6) is 5.75 Å². The summed E-state index contributed by atoms with van der Waals surface area (Å²) in [6, 6.07) is 13.0. The maximum Gasteiger partial charge on any atom is 0.524 e. The van der Waals surface area contributed by atoms with Crippen molar-refractivity contribution in [3.05, 3.63) is 53.6 Å². The minimum absolute atomic E-state index is 0.206. The van der Waals surface area contributed by atoms with Gasteiger partial charge in [0.25, 0.3) is 0 Å². The molecule has 0 bridgehead atoms. The van der Waals surface area contributed by atoms with Crippen LogP contribution >= 0.6 is 7.82 Å². The van der Waals surface area contributed by atoms with Crippen LogP contribution in [0.1, 0.15) is 11.1 Å². The lowest BCUT2D eigenvalue weighted by Gasteiger charge is -2.15. The largest absolute Gasteiger partial charge is 0.524 e. The van der Waals surface area contributed by atoms with Gasteiger partial charge < -0.3 is 4.52 Å². The molecule has 5 heteroatoms. The smallest absolute Gasteiger partial charge is 0.404 e. The first-order valence-corrected chi connectivity index (χ1v) is 7.32. The number of phosphoric acid groups is 1. The molecule has 19 heavy (non-hydrogen) atoms. The summed E-state index contributed by atoms with van der Waals surface area (Å²) in [7, 11) is -4.54. The van der Waals surface area contributed by atoms with Crippen molar-refractivity contribution < 1.29 is 18.9 Å². The molecule has 0 aromatic heterocycles. The second-order valence-corrected chi connectivity index (χ2v) is 5.49. The number of benzene rings is 2. The topological polar surface area (TPSA) is 66.8 Å². The average molecular weight is 278 g/mol. The van der Waals surface area contributed by atoms with E-state index in [1.54, 1.807) is 19.1 Å². The highest BCUT2D eigenvalue weighted by molar-refractivity contribution is 7.46. The van der Waals surface area contributed by atoms with Crippen molar-refractivity contribution in [2.45, 2.75) is 13.8 Å². The number of hydrogen-bond acceptors (Lipinski definition) is 2. The van der Waals surface area contributed by atoms with Crippen LogP contribution in [0.4, 0.5) is 0 Å². The van der Waals surface area contributed by atoms with Gasteiger partial charge in [-0.05, 0) is 42.2 Å². The molecule has 0 radical (unpaired) electrons. The molecular weight excluding hydrogens is 263 g/mol. The van der Waals surface area contributed by atoms with Gasteiger partial charge in [-0.1, -0.05) is 36.4 Å². The molecule has 0 saturated carbocycles. The van der Waals surface area contributed by atoms with Crippen LogP contribution in [0, 0.1) is 13.8 Å². The van der Waals surface area contributed by atoms with Crippen LogP contribution in [0.2, 0.25) is 0 Å². The van der Waals surface area contributed by atoms with Crippen LogP contribution in [0.3, 0.4) is 0 Å². The van der Waals surface area contributed by atoms with Gasteiger partial charge in [-0.3, -0.25) is 9.79 Å². The molecule has 0 amide bonds. The first-order valence-electron chi connectivity index (χ1n) is 5.79. The maximum absolute atomic E-state index is 11.0. The van der Waals surface area contributed by atoms with Crippen LogP contribution in [-0.4, -0.2) is 9.79 Å². The molecule has 0 fully saturated rings. The van der Waals surface area contributed by atoms with E-state index >= 15 is 0 Å². The first-order chi connectivity index (χ1) is 8.88. The van der Waals surface area contributed by atoms with Gasteiger partial charge in [0, 0.05) is 0 Å². The van der Waals surface area contributed by atoms with Crippen LogP contribution in [-0.2, 0) is 4.57 Å². The summed E-state index contributed by atoms with van der Waals surface area (Å²) < 4.78 is 15.7. The molecule has 0 atom stereocenters. The minimum atomic E-state index is -4.54. The summed E-state index contributed by atoms with van der Waals surface area (Å²) >= 11 is 0. The van der Waals surface area contributed by atoms with Crippen molar-refractivity contribution in [3.8, 4) is 16.9 Å². The third-order valence-corrected chi connectivity index (χ3v) is 3.34. The summed E-state index contributed by atoms with van der Waals surface area (Å²) in [6.07, 6.45) is 0. The highest BCUT2D eigenvalue weighted by Gasteiger charge is 2.19. The van der Waals surface area contributed by atoms with E-state index < -0.39 is 7.82 Å². The van der Waals surface area contributed by atoms with Gasteiger partial charge in [-0.2, -0.15) is 0 Å². The number of hydrogen-bond donors (Lipinski definition) is 2. The predicted octanol–water partition coefficient (Wildman–Crippen LogP) is 3.44. The van der Waals surface area contributed by atoms with Crippen molar-refractivity contribution in [2.75, 3.05) is 0 Å². The van der Waals surface area contributed by atoms with E-state index in [4.69, 9.17) is 14.3 Å².